The Morgan fingerprint density at radius 1 is 1.45 bits per heavy atom. The number of hydrogen-bond donors (Lipinski definition) is 2. The molecule has 6 heteroatoms. The van der Waals surface area contributed by atoms with Gasteiger partial charge in [0.1, 0.15) is 0 Å². The number of hydrogen-bond acceptors (Lipinski definition) is 2. The van der Waals surface area contributed by atoms with Crippen molar-refractivity contribution in [2.75, 3.05) is 6.54 Å². The molecule has 1 aliphatic rings. The summed E-state index contributed by atoms with van der Waals surface area (Å²) in [7, 11) is 0. The number of benzene rings is 1. The molecular formula is C14H19Cl3N2O. The number of amides is 1. The number of nitrogens with one attached hydrogen (secondary N) is 1. The van der Waals surface area contributed by atoms with Crippen LogP contribution in [-0.4, -0.2) is 18.0 Å². The van der Waals surface area contributed by atoms with E-state index in [0.29, 0.717) is 16.6 Å². The summed E-state index contributed by atoms with van der Waals surface area (Å²) in [5, 5.41) is 4.21. The fourth-order valence-electron chi connectivity index (χ4n) is 2.11. The minimum absolute atomic E-state index is 0. The molecule has 3 nitrogen and oxygen atoms in total. The second-order valence-corrected chi connectivity index (χ2v) is 6.54. The van der Waals surface area contributed by atoms with Crippen LogP contribution in [0.3, 0.4) is 0 Å². The Balaban J connectivity index is 0.00000200. The molecule has 3 N–H and O–H groups in total. The number of carbonyl (C=O) groups excluding carboxylic acids is 1. The standard InChI is InChI=1S/C14H18Cl2N2O.ClH/c1-14(2,7-17)18-13(19)11-6-10(11)9-4-3-8(15)5-12(9)16;/h3-5,10-11H,6-7,17H2,1-2H3,(H,18,19);1H. The molecule has 1 amide bonds. The Morgan fingerprint density at radius 3 is 2.65 bits per heavy atom. The monoisotopic (exact) mass is 336 g/mol. The molecule has 112 valence electrons. The molecular weight excluding hydrogens is 319 g/mol. The van der Waals surface area contributed by atoms with Crippen LogP contribution >= 0.6 is 35.6 Å². The van der Waals surface area contributed by atoms with Crippen molar-refractivity contribution in [3.63, 3.8) is 0 Å². The van der Waals surface area contributed by atoms with Crippen LogP contribution in [0.4, 0.5) is 0 Å². The molecule has 1 saturated carbocycles. The van der Waals surface area contributed by atoms with Gasteiger partial charge in [0.15, 0.2) is 0 Å². The third kappa shape index (κ3) is 4.01. The Bertz CT molecular complexity index is 505. The first-order valence-electron chi connectivity index (χ1n) is 6.31. The van der Waals surface area contributed by atoms with Gasteiger partial charge in [0.25, 0.3) is 0 Å². The Kier molecular flexibility index (Phi) is 5.73. The van der Waals surface area contributed by atoms with Gasteiger partial charge in [0.2, 0.25) is 5.91 Å². The molecule has 0 radical (unpaired) electrons. The van der Waals surface area contributed by atoms with Gasteiger partial charge in [-0.2, -0.15) is 0 Å². The quantitative estimate of drug-likeness (QED) is 0.885. The molecule has 2 unspecified atom stereocenters. The summed E-state index contributed by atoms with van der Waals surface area (Å²) in [6.07, 6.45) is 0.827. The predicted molar refractivity (Wildman–Crippen MR) is 85.8 cm³/mol. The zero-order valence-corrected chi connectivity index (χ0v) is 13.8. The van der Waals surface area contributed by atoms with Crippen molar-refractivity contribution >= 4 is 41.5 Å². The summed E-state index contributed by atoms with van der Waals surface area (Å²) in [4.78, 5) is 12.1. The minimum Gasteiger partial charge on any atom is -0.350 e. The number of halogens is 3. The first-order valence-corrected chi connectivity index (χ1v) is 7.07. The molecule has 0 bridgehead atoms. The van der Waals surface area contributed by atoms with Gasteiger partial charge >= 0.3 is 0 Å². The maximum Gasteiger partial charge on any atom is 0.224 e. The summed E-state index contributed by atoms with van der Waals surface area (Å²) in [6, 6.07) is 5.42. The second-order valence-electron chi connectivity index (χ2n) is 5.69. The van der Waals surface area contributed by atoms with E-state index in [4.69, 9.17) is 28.9 Å². The van der Waals surface area contributed by atoms with E-state index in [9.17, 15) is 4.79 Å². The molecule has 0 aliphatic heterocycles. The molecule has 20 heavy (non-hydrogen) atoms. The van der Waals surface area contributed by atoms with Gasteiger partial charge < -0.3 is 11.1 Å². The van der Waals surface area contributed by atoms with Crippen molar-refractivity contribution in [2.45, 2.75) is 31.7 Å². The lowest BCUT2D eigenvalue weighted by atomic mass is 10.0. The van der Waals surface area contributed by atoms with Gasteiger partial charge in [-0.25, -0.2) is 0 Å². The van der Waals surface area contributed by atoms with Crippen molar-refractivity contribution in [2.24, 2.45) is 11.7 Å². The topological polar surface area (TPSA) is 55.1 Å². The highest BCUT2D eigenvalue weighted by Crippen LogP contribution is 2.50. The van der Waals surface area contributed by atoms with E-state index in [2.05, 4.69) is 5.32 Å². The smallest absolute Gasteiger partial charge is 0.224 e. The third-order valence-electron chi connectivity index (χ3n) is 3.46. The minimum atomic E-state index is -0.367. The Hall–Kier alpha value is -0.480. The molecule has 1 aromatic rings. The molecule has 1 fully saturated rings. The van der Waals surface area contributed by atoms with Crippen LogP contribution in [-0.2, 0) is 4.79 Å². The molecule has 2 rings (SSSR count). The van der Waals surface area contributed by atoms with Crippen LogP contribution in [0.1, 0.15) is 31.7 Å². The first-order chi connectivity index (χ1) is 8.84. The molecule has 1 aromatic carbocycles. The maximum atomic E-state index is 12.1. The van der Waals surface area contributed by atoms with E-state index in [1.54, 1.807) is 12.1 Å². The van der Waals surface area contributed by atoms with Gasteiger partial charge in [0.05, 0.1) is 0 Å². The van der Waals surface area contributed by atoms with Crippen LogP contribution in [0.5, 0.6) is 0 Å². The lowest BCUT2D eigenvalue weighted by Gasteiger charge is -2.24. The van der Waals surface area contributed by atoms with Crippen molar-refractivity contribution < 1.29 is 4.79 Å². The van der Waals surface area contributed by atoms with Crippen LogP contribution in [0.15, 0.2) is 18.2 Å². The van der Waals surface area contributed by atoms with Crippen LogP contribution < -0.4 is 11.1 Å². The van der Waals surface area contributed by atoms with Crippen molar-refractivity contribution in [1.29, 1.82) is 0 Å². The molecule has 0 saturated heterocycles. The fraction of sp³-hybridized carbons (Fsp3) is 0.500. The molecule has 0 spiro atoms. The average Bonchev–Trinajstić information content (AvgIpc) is 3.08. The van der Waals surface area contributed by atoms with E-state index < -0.39 is 0 Å². The number of rotatable bonds is 4. The van der Waals surface area contributed by atoms with Gasteiger partial charge in [-0.05, 0) is 43.9 Å². The number of carbonyl (C=O) groups is 1. The molecule has 1 aliphatic carbocycles. The van der Waals surface area contributed by atoms with E-state index >= 15 is 0 Å². The zero-order chi connectivity index (χ0) is 14.2. The Labute approximate surface area is 135 Å². The van der Waals surface area contributed by atoms with E-state index in [1.165, 1.54) is 0 Å². The first kappa shape index (κ1) is 17.6. The summed E-state index contributed by atoms with van der Waals surface area (Å²) in [5.74, 6) is 0.231. The molecule has 0 aromatic heterocycles. The summed E-state index contributed by atoms with van der Waals surface area (Å²) in [5.41, 5.74) is 6.24. The lowest BCUT2D eigenvalue weighted by Crippen LogP contribution is -2.49. The second kappa shape index (κ2) is 6.52. The highest BCUT2D eigenvalue weighted by molar-refractivity contribution is 6.35. The van der Waals surface area contributed by atoms with E-state index in [0.717, 1.165) is 12.0 Å². The van der Waals surface area contributed by atoms with Crippen molar-refractivity contribution in [3.8, 4) is 0 Å². The van der Waals surface area contributed by atoms with Crippen LogP contribution in [0.2, 0.25) is 10.0 Å². The largest absolute Gasteiger partial charge is 0.350 e. The fourth-order valence-corrected chi connectivity index (χ4v) is 2.66. The average molecular weight is 338 g/mol. The lowest BCUT2D eigenvalue weighted by molar-refractivity contribution is -0.123. The Morgan fingerprint density at radius 2 is 2.10 bits per heavy atom. The summed E-state index contributed by atoms with van der Waals surface area (Å²) >= 11 is 12.0. The van der Waals surface area contributed by atoms with Crippen molar-refractivity contribution in [3.05, 3.63) is 33.8 Å². The van der Waals surface area contributed by atoms with Gasteiger partial charge in [0, 0.05) is 28.0 Å². The third-order valence-corrected chi connectivity index (χ3v) is 4.02. The number of nitrogens with two attached hydrogens (primary N) is 1. The maximum absolute atomic E-state index is 12.1. The van der Waals surface area contributed by atoms with Crippen LogP contribution in [0, 0.1) is 5.92 Å². The van der Waals surface area contributed by atoms with E-state index in [1.807, 2.05) is 19.9 Å². The summed E-state index contributed by atoms with van der Waals surface area (Å²) in [6.45, 7) is 4.24. The summed E-state index contributed by atoms with van der Waals surface area (Å²) < 4.78 is 0. The predicted octanol–water partition coefficient (Wildman–Crippen LogP) is 3.37. The SMILES string of the molecule is CC(C)(CN)NC(=O)C1CC1c1ccc(Cl)cc1Cl.Cl. The van der Waals surface area contributed by atoms with Gasteiger partial charge in [-0.15, -0.1) is 12.4 Å². The van der Waals surface area contributed by atoms with Crippen LogP contribution in [0.25, 0.3) is 0 Å². The molecule has 0 heterocycles. The van der Waals surface area contributed by atoms with Gasteiger partial charge in [-0.1, -0.05) is 29.3 Å². The van der Waals surface area contributed by atoms with Gasteiger partial charge in [-0.3, -0.25) is 4.79 Å². The highest BCUT2D eigenvalue weighted by Gasteiger charge is 2.45. The molecule has 2 atom stereocenters. The van der Waals surface area contributed by atoms with Crippen molar-refractivity contribution in [1.82, 2.24) is 5.32 Å². The highest BCUT2D eigenvalue weighted by atomic mass is 35.5. The van der Waals surface area contributed by atoms with E-state index in [-0.39, 0.29) is 35.7 Å². The normalized spacial score (nSPS) is 21.1. The zero-order valence-electron chi connectivity index (χ0n) is 11.5.